The van der Waals surface area contributed by atoms with Gasteiger partial charge in [0.15, 0.2) is 5.65 Å². The van der Waals surface area contributed by atoms with Gasteiger partial charge in [0.1, 0.15) is 5.56 Å². The second-order valence-electron chi connectivity index (χ2n) is 8.67. The van der Waals surface area contributed by atoms with Crippen molar-refractivity contribution in [2.75, 3.05) is 0 Å². The number of aromatic nitrogens is 3. The summed E-state index contributed by atoms with van der Waals surface area (Å²) in [6, 6.07) is 8.05. The van der Waals surface area contributed by atoms with Crippen molar-refractivity contribution in [2.45, 2.75) is 59.4 Å². The minimum atomic E-state index is -0.0823. The van der Waals surface area contributed by atoms with Crippen molar-refractivity contribution >= 4 is 23.2 Å². The van der Waals surface area contributed by atoms with E-state index in [0.717, 1.165) is 40.4 Å². The van der Waals surface area contributed by atoms with Crippen molar-refractivity contribution in [1.82, 2.24) is 19.9 Å². The molecule has 3 atom stereocenters. The van der Waals surface area contributed by atoms with Crippen molar-refractivity contribution < 1.29 is 4.79 Å². The molecular formula is C24H29ClN4O. The van der Waals surface area contributed by atoms with Crippen LogP contribution < -0.4 is 5.32 Å². The second-order valence-corrected chi connectivity index (χ2v) is 9.08. The second kappa shape index (κ2) is 8.38. The largest absolute Gasteiger partial charge is 0.349 e. The lowest BCUT2D eigenvalue weighted by Crippen LogP contribution is -2.43. The van der Waals surface area contributed by atoms with Gasteiger partial charge >= 0.3 is 0 Å². The molecule has 2 heterocycles. The topological polar surface area (TPSA) is 59.3 Å². The van der Waals surface area contributed by atoms with E-state index in [1.165, 1.54) is 6.42 Å². The van der Waals surface area contributed by atoms with Crippen LogP contribution in [0.3, 0.4) is 0 Å². The quantitative estimate of drug-likeness (QED) is 0.630. The first-order valence-electron chi connectivity index (χ1n) is 10.7. The van der Waals surface area contributed by atoms with Gasteiger partial charge in [0.2, 0.25) is 0 Å². The molecule has 0 radical (unpaired) electrons. The predicted octanol–water partition coefficient (Wildman–Crippen LogP) is 5.14. The molecule has 1 fully saturated rings. The van der Waals surface area contributed by atoms with Crippen molar-refractivity contribution in [3.63, 3.8) is 0 Å². The Labute approximate surface area is 182 Å². The van der Waals surface area contributed by atoms with Crippen LogP contribution in [0.5, 0.6) is 0 Å². The average molecular weight is 425 g/mol. The van der Waals surface area contributed by atoms with Gasteiger partial charge in [0.25, 0.3) is 5.91 Å². The highest BCUT2D eigenvalue weighted by atomic mass is 35.5. The van der Waals surface area contributed by atoms with Gasteiger partial charge in [-0.2, -0.15) is 5.10 Å². The third-order valence-corrected chi connectivity index (χ3v) is 7.17. The highest BCUT2D eigenvalue weighted by molar-refractivity contribution is 6.31. The SMILES string of the molecule is Cc1nc2c(C(=O)N[C@@H]3CCC[C@H](C)[C@@H]3C)cnn2c(C)c1Cc1ccccc1Cl. The van der Waals surface area contributed by atoms with E-state index in [1.807, 2.05) is 38.1 Å². The molecule has 0 bridgehead atoms. The predicted molar refractivity (Wildman–Crippen MR) is 120 cm³/mol. The molecule has 4 rings (SSSR count). The minimum absolute atomic E-state index is 0.0823. The molecule has 0 spiro atoms. The number of aryl methyl sites for hydroxylation is 2. The number of hydrogen-bond donors (Lipinski definition) is 1. The van der Waals surface area contributed by atoms with Gasteiger partial charge in [0.05, 0.1) is 6.20 Å². The number of rotatable bonds is 4. The van der Waals surface area contributed by atoms with Gasteiger partial charge < -0.3 is 5.32 Å². The molecule has 3 aromatic rings. The lowest BCUT2D eigenvalue weighted by molar-refractivity contribution is 0.0892. The van der Waals surface area contributed by atoms with E-state index in [0.29, 0.717) is 29.5 Å². The van der Waals surface area contributed by atoms with Crippen LogP contribution in [-0.4, -0.2) is 26.5 Å². The Hall–Kier alpha value is -2.40. The summed E-state index contributed by atoms with van der Waals surface area (Å²) in [5, 5.41) is 8.48. The third-order valence-electron chi connectivity index (χ3n) is 6.80. The fourth-order valence-electron chi connectivity index (χ4n) is 4.59. The maximum atomic E-state index is 13.1. The summed E-state index contributed by atoms with van der Waals surface area (Å²) in [5.41, 5.74) is 5.17. The first-order chi connectivity index (χ1) is 14.4. The molecule has 6 heteroatoms. The molecule has 0 unspecified atom stereocenters. The fourth-order valence-corrected chi connectivity index (χ4v) is 4.79. The highest BCUT2D eigenvalue weighted by Crippen LogP contribution is 2.30. The molecule has 2 aromatic heterocycles. The van der Waals surface area contributed by atoms with E-state index in [-0.39, 0.29) is 11.9 Å². The molecule has 0 saturated heterocycles. The van der Waals surface area contributed by atoms with Crippen LogP contribution >= 0.6 is 11.6 Å². The van der Waals surface area contributed by atoms with Gasteiger partial charge in [-0.1, -0.05) is 56.5 Å². The first-order valence-corrected chi connectivity index (χ1v) is 11.1. The normalized spacial score (nSPS) is 21.7. The number of hydrogen-bond acceptors (Lipinski definition) is 3. The number of carbonyl (C=O) groups is 1. The third kappa shape index (κ3) is 3.83. The zero-order chi connectivity index (χ0) is 21.4. The van der Waals surface area contributed by atoms with Crippen molar-refractivity contribution in [1.29, 1.82) is 0 Å². The van der Waals surface area contributed by atoms with Gasteiger partial charge in [-0.3, -0.25) is 4.79 Å². The Balaban J connectivity index is 1.64. The smallest absolute Gasteiger partial charge is 0.256 e. The molecule has 30 heavy (non-hydrogen) atoms. The zero-order valence-corrected chi connectivity index (χ0v) is 18.8. The molecule has 1 aliphatic rings. The van der Waals surface area contributed by atoms with Crippen molar-refractivity contribution in [2.24, 2.45) is 11.8 Å². The summed E-state index contributed by atoms with van der Waals surface area (Å²) in [5.74, 6) is 1.02. The van der Waals surface area contributed by atoms with Crippen molar-refractivity contribution in [3.8, 4) is 0 Å². The maximum absolute atomic E-state index is 13.1. The number of amides is 1. The number of fused-ring (bicyclic) bond motifs is 1. The van der Waals surface area contributed by atoms with Crippen LogP contribution in [0.4, 0.5) is 0 Å². The number of carbonyl (C=O) groups excluding carboxylic acids is 1. The number of benzene rings is 1. The monoisotopic (exact) mass is 424 g/mol. The van der Waals surface area contributed by atoms with Gasteiger partial charge in [-0.25, -0.2) is 9.50 Å². The number of halogens is 1. The lowest BCUT2D eigenvalue weighted by atomic mass is 9.78. The van der Waals surface area contributed by atoms with Crippen molar-refractivity contribution in [3.05, 3.63) is 63.6 Å². The molecular weight excluding hydrogens is 396 g/mol. The van der Waals surface area contributed by atoms with E-state index < -0.39 is 0 Å². The highest BCUT2D eigenvalue weighted by Gasteiger charge is 2.29. The van der Waals surface area contributed by atoms with Crippen LogP contribution in [0.15, 0.2) is 30.5 Å². The van der Waals surface area contributed by atoms with E-state index >= 15 is 0 Å². The van der Waals surface area contributed by atoms with Crippen LogP contribution in [0.2, 0.25) is 5.02 Å². The zero-order valence-electron chi connectivity index (χ0n) is 18.1. The van der Waals surface area contributed by atoms with Gasteiger partial charge in [-0.15, -0.1) is 0 Å². The summed E-state index contributed by atoms with van der Waals surface area (Å²) in [6.45, 7) is 8.51. The molecule has 1 aliphatic carbocycles. The van der Waals surface area contributed by atoms with Crippen LogP contribution in [0.25, 0.3) is 5.65 Å². The molecule has 1 saturated carbocycles. The number of nitrogens with zero attached hydrogens (tertiary/aromatic N) is 3. The van der Waals surface area contributed by atoms with E-state index in [9.17, 15) is 4.79 Å². The van der Waals surface area contributed by atoms with E-state index in [1.54, 1.807) is 10.7 Å². The van der Waals surface area contributed by atoms with E-state index in [4.69, 9.17) is 16.6 Å². The summed E-state index contributed by atoms with van der Waals surface area (Å²) in [4.78, 5) is 17.8. The van der Waals surface area contributed by atoms with Crippen LogP contribution in [0.1, 0.15) is 66.0 Å². The summed E-state index contributed by atoms with van der Waals surface area (Å²) < 4.78 is 1.78. The first kappa shape index (κ1) is 20.9. The Morgan fingerprint density at radius 1 is 1.23 bits per heavy atom. The summed E-state index contributed by atoms with van der Waals surface area (Å²) >= 11 is 6.36. The van der Waals surface area contributed by atoms with Gasteiger partial charge in [-0.05, 0) is 49.3 Å². The summed E-state index contributed by atoms with van der Waals surface area (Å²) in [6.07, 6.45) is 5.74. The molecule has 158 valence electrons. The maximum Gasteiger partial charge on any atom is 0.256 e. The molecule has 1 amide bonds. The van der Waals surface area contributed by atoms with E-state index in [2.05, 4.69) is 24.3 Å². The Bertz CT molecular complexity index is 1090. The average Bonchev–Trinajstić information content (AvgIpc) is 3.14. The molecule has 1 aromatic carbocycles. The Morgan fingerprint density at radius 2 is 2.00 bits per heavy atom. The summed E-state index contributed by atoms with van der Waals surface area (Å²) in [7, 11) is 0. The van der Waals surface area contributed by atoms with Gasteiger partial charge in [0, 0.05) is 28.9 Å². The number of nitrogens with one attached hydrogen (secondary N) is 1. The van der Waals surface area contributed by atoms with Crippen LogP contribution in [0, 0.1) is 25.7 Å². The molecule has 1 N–H and O–H groups in total. The lowest BCUT2D eigenvalue weighted by Gasteiger charge is -2.34. The Morgan fingerprint density at radius 3 is 2.77 bits per heavy atom. The fraction of sp³-hybridized carbons (Fsp3) is 0.458. The van der Waals surface area contributed by atoms with Crippen LogP contribution in [-0.2, 0) is 6.42 Å². The molecule has 0 aliphatic heterocycles. The molecule has 5 nitrogen and oxygen atoms in total. The minimum Gasteiger partial charge on any atom is -0.349 e. The Kier molecular flexibility index (Phi) is 5.83. The standard InChI is InChI=1S/C24H29ClN4O/c1-14-8-7-11-22(15(14)2)28-24(30)20-13-26-29-17(4)19(16(3)27-23(20)29)12-18-9-5-6-10-21(18)25/h5-6,9-10,13-15,22H,7-8,11-12H2,1-4H3,(H,28,30)/t14-,15-,22+/m0/s1.